The molecule has 0 aliphatic rings. The van der Waals surface area contributed by atoms with Gasteiger partial charge in [-0.25, -0.2) is 0 Å². The van der Waals surface area contributed by atoms with E-state index in [1.807, 2.05) is 0 Å². The van der Waals surface area contributed by atoms with Gasteiger partial charge < -0.3 is 5.11 Å². The summed E-state index contributed by atoms with van der Waals surface area (Å²) in [5.41, 5.74) is 0. The van der Waals surface area contributed by atoms with Crippen molar-refractivity contribution in [3.8, 4) is 6.07 Å². The first kappa shape index (κ1) is 5.19. The number of aliphatic hydroxyl groups is 1. The summed E-state index contributed by atoms with van der Waals surface area (Å²) in [5, 5.41) is 16.0. The van der Waals surface area contributed by atoms with Gasteiger partial charge in [-0.2, -0.15) is 5.26 Å². The molecule has 0 fully saturated rings. The lowest BCUT2D eigenvalue weighted by atomic mass is 10.4. The van der Waals surface area contributed by atoms with Crippen LogP contribution in [0.2, 0.25) is 0 Å². The molecule has 2 nitrogen and oxygen atoms in total. The van der Waals surface area contributed by atoms with Crippen molar-refractivity contribution in [2.24, 2.45) is 0 Å². The molecule has 0 radical (unpaired) electrons. The molecular weight excluding hydrogens is 78.1 g/mol. The molecule has 0 spiro atoms. The second kappa shape index (κ2) is 2.43. The molecule has 0 amide bonds. The Labute approximate surface area is 36.3 Å². The van der Waals surface area contributed by atoms with Gasteiger partial charge in [0.05, 0.1) is 6.07 Å². The summed E-state index contributed by atoms with van der Waals surface area (Å²) in [7, 11) is 0. The first-order valence-corrected chi connectivity index (χ1v) is 1.51. The largest absolute Gasteiger partial charge is 0.374 e. The molecule has 1 atom stereocenters. The van der Waals surface area contributed by atoms with E-state index in [9.17, 15) is 0 Å². The maximum atomic E-state index is 8.19. The second-order valence-corrected chi connectivity index (χ2v) is 0.810. The average molecular weight is 83.1 g/mol. The molecule has 6 heavy (non-hydrogen) atoms. The predicted octanol–water partition coefficient (Wildman–Crippen LogP) is 0.0569. The van der Waals surface area contributed by atoms with Gasteiger partial charge in [0.2, 0.25) is 0 Å². The van der Waals surface area contributed by atoms with E-state index in [2.05, 4.69) is 6.58 Å². The van der Waals surface area contributed by atoms with E-state index in [4.69, 9.17) is 10.4 Å². The zero-order valence-corrected chi connectivity index (χ0v) is 3.26. The van der Waals surface area contributed by atoms with Gasteiger partial charge in [0, 0.05) is 0 Å². The fraction of sp³-hybridized carbons (Fsp3) is 0.250. The summed E-state index contributed by atoms with van der Waals surface area (Å²) < 4.78 is 0. The smallest absolute Gasteiger partial charge is 0.158 e. The highest BCUT2D eigenvalue weighted by Gasteiger charge is 1.85. The van der Waals surface area contributed by atoms with Crippen LogP contribution in [-0.2, 0) is 0 Å². The van der Waals surface area contributed by atoms with Crippen LogP contribution >= 0.6 is 0 Å². The third-order valence-electron chi connectivity index (χ3n) is 0.356. The molecule has 0 aliphatic carbocycles. The Kier molecular flexibility index (Phi) is 2.10. The molecule has 0 unspecified atom stereocenters. The van der Waals surface area contributed by atoms with E-state index in [1.165, 1.54) is 6.08 Å². The summed E-state index contributed by atoms with van der Waals surface area (Å²) in [6.07, 6.45) is 0.171. The summed E-state index contributed by atoms with van der Waals surface area (Å²) in [5.74, 6) is 0. The maximum absolute atomic E-state index is 8.19. The molecule has 0 aromatic carbocycles. The zero-order valence-electron chi connectivity index (χ0n) is 3.26. The Balaban J connectivity index is 3.30. The highest BCUT2D eigenvalue weighted by atomic mass is 16.3. The first-order valence-electron chi connectivity index (χ1n) is 1.51. The van der Waals surface area contributed by atoms with E-state index in [0.717, 1.165) is 0 Å². The molecule has 0 saturated heterocycles. The third kappa shape index (κ3) is 1.50. The van der Waals surface area contributed by atoms with E-state index in [-0.39, 0.29) is 0 Å². The standard InChI is InChI=1S/C4H5NO/c1-2-4(6)3-5/h2,4,6H,1H2/t4-/m1/s1. The van der Waals surface area contributed by atoms with Crippen LogP contribution in [0, 0.1) is 11.3 Å². The highest BCUT2D eigenvalue weighted by molar-refractivity contribution is 4.95. The van der Waals surface area contributed by atoms with E-state index in [0.29, 0.717) is 0 Å². The molecule has 0 heterocycles. The second-order valence-electron chi connectivity index (χ2n) is 0.810. The lowest BCUT2D eigenvalue weighted by Crippen LogP contribution is -1.93. The Morgan fingerprint density at radius 2 is 2.50 bits per heavy atom. The highest BCUT2D eigenvalue weighted by Crippen LogP contribution is 1.74. The van der Waals surface area contributed by atoms with Crippen molar-refractivity contribution < 1.29 is 5.11 Å². The van der Waals surface area contributed by atoms with Crippen molar-refractivity contribution in [2.45, 2.75) is 6.10 Å². The van der Waals surface area contributed by atoms with Crippen LogP contribution in [0.1, 0.15) is 0 Å². The molecule has 2 heteroatoms. The van der Waals surface area contributed by atoms with Crippen LogP contribution in [-0.4, -0.2) is 11.2 Å². The van der Waals surface area contributed by atoms with E-state index in [1.54, 1.807) is 6.07 Å². The van der Waals surface area contributed by atoms with Crippen LogP contribution in [0.15, 0.2) is 12.7 Å². The van der Waals surface area contributed by atoms with Gasteiger partial charge in [-0.15, -0.1) is 0 Å². The zero-order chi connectivity index (χ0) is 4.99. The molecule has 0 saturated carbocycles. The number of hydrogen-bond acceptors (Lipinski definition) is 2. The molecule has 1 N–H and O–H groups in total. The number of hydrogen-bond donors (Lipinski definition) is 1. The summed E-state index contributed by atoms with van der Waals surface area (Å²) >= 11 is 0. The van der Waals surface area contributed by atoms with Crippen LogP contribution < -0.4 is 0 Å². The maximum Gasteiger partial charge on any atom is 0.158 e. The first-order chi connectivity index (χ1) is 2.81. The number of nitrogens with zero attached hydrogens (tertiary/aromatic N) is 1. The number of nitriles is 1. The minimum Gasteiger partial charge on any atom is -0.374 e. The monoisotopic (exact) mass is 83.0 g/mol. The van der Waals surface area contributed by atoms with Gasteiger partial charge in [-0.05, 0) is 6.08 Å². The molecule has 0 bridgehead atoms. The Hall–Kier alpha value is -0.810. The SMILES string of the molecule is C=C[C@@H](O)C#N. The van der Waals surface area contributed by atoms with Gasteiger partial charge in [0.1, 0.15) is 0 Å². The van der Waals surface area contributed by atoms with Crippen molar-refractivity contribution in [1.29, 1.82) is 5.26 Å². The normalized spacial score (nSPS) is 12.0. The lowest BCUT2D eigenvalue weighted by molar-refractivity contribution is 0.279. The molecule has 0 aromatic heterocycles. The van der Waals surface area contributed by atoms with Crippen molar-refractivity contribution in [3.05, 3.63) is 12.7 Å². The van der Waals surface area contributed by atoms with Crippen LogP contribution in [0.25, 0.3) is 0 Å². The van der Waals surface area contributed by atoms with Gasteiger partial charge in [-0.3, -0.25) is 0 Å². The predicted molar refractivity (Wildman–Crippen MR) is 21.8 cm³/mol. The van der Waals surface area contributed by atoms with Crippen molar-refractivity contribution >= 4 is 0 Å². The topological polar surface area (TPSA) is 44.0 Å². The van der Waals surface area contributed by atoms with E-state index >= 15 is 0 Å². The summed E-state index contributed by atoms with van der Waals surface area (Å²) in [6.45, 7) is 3.16. The molecule has 0 aliphatic heterocycles. The molecule has 0 rings (SSSR count). The summed E-state index contributed by atoms with van der Waals surface area (Å²) in [4.78, 5) is 0. The molecular formula is C4H5NO. The van der Waals surface area contributed by atoms with Gasteiger partial charge in [0.15, 0.2) is 6.10 Å². The Morgan fingerprint density at radius 3 is 2.50 bits per heavy atom. The minimum absolute atomic E-state index is 0.995. The van der Waals surface area contributed by atoms with E-state index < -0.39 is 6.10 Å². The lowest BCUT2D eigenvalue weighted by Gasteiger charge is -1.81. The Bertz CT molecular complexity index is 82.0. The van der Waals surface area contributed by atoms with Gasteiger partial charge in [-0.1, -0.05) is 6.58 Å². The van der Waals surface area contributed by atoms with Crippen molar-refractivity contribution in [2.75, 3.05) is 0 Å². The molecule has 32 valence electrons. The minimum atomic E-state index is -0.995. The quantitative estimate of drug-likeness (QED) is 0.360. The van der Waals surface area contributed by atoms with Crippen LogP contribution in [0.4, 0.5) is 0 Å². The third-order valence-corrected chi connectivity index (χ3v) is 0.356. The average Bonchev–Trinajstić information content (AvgIpc) is 1.65. The molecule has 0 aromatic rings. The van der Waals surface area contributed by atoms with Crippen LogP contribution in [0.3, 0.4) is 0 Å². The van der Waals surface area contributed by atoms with Gasteiger partial charge >= 0.3 is 0 Å². The summed E-state index contributed by atoms with van der Waals surface area (Å²) in [6, 6.07) is 1.55. The fourth-order valence-electron chi connectivity index (χ4n) is 0.0527. The Morgan fingerprint density at radius 1 is 2.00 bits per heavy atom. The number of aliphatic hydroxyl groups excluding tert-OH is 1. The van der Waals surface area contributed by atoms with Crippen molar-refractivity contribution in [1.82, 2.24) is 0 Å². The number of rotatable bonds is 1. The fourth-order valence-corrected chi connectivity index (χ4v) is 0.0527. The van der Waals surface area contributed by atoms with Crippen molar-refractivity contribution in [3.63, 3.8) is 0 Å². The van der Waals surface area contributed by atoms with Crippen LogP contribution in [0.5, 0.6) is 0 Å². The van der Waals surface area contributed by atoms with Gasteiger partial charge in [0.25, 0.3) is 0 Å².